The average Bonchev–Trinajstić information content (AvgIpc) is 2.03. The largest absolute Gasteiger partial charge is 0.277 e. The van der Waals surface area contributed by atoms with Crippen LogP contribution in [0.15, 0.2) is 18.3 Å². The molecule has 0 N–H and O–H groups in total. The van der Waals surface area contributed by atoms with E-state index in [0.29, 0.717) is 5.69 Å². The number of rotatable bonds is 1. The summed E-state index contributed by atoms with van der Waals surface area (Å²) in [6.45, 7) is 1.88. The molecule has 1 aromatic heterocycles. The van der Waals surface area contributed by atoms with Gasteiger partial charge in [-0.2, -0.15) is 0 Å². The second-order valence-corrected chi connectivity index (χ2v) is 2.19. The van der Waals surface area contributed by atoms with Crippen LogP contribution in [0.25, 0.3) is 0 Å². The fourth-order valence-electron chi connectivity index (χ4n) is 0.734. The Morgan fingerprint density at radius 2 is 2.45 bits per heavy atom. The average molecular weight is 145 g/mol. The monoisotopic (exact) mass is 145 g/mol. The van der Waals surface area contributed by atoms with Crippen LogP contribution in [0.3, 0.4) is 0 Å². The molecule has 0 aromatic carbocycles. The molecule has 0 aliphatic carbocycles. The van der Waals surface area contributed by atoms with Crippen molar-refractivity contribution in [2.75, 3.05) is 0 Å². The van der Waals surface area contributed by atoms with E-state index >= 15 is 0 Å². The Bertz CT molecular complexity index is 323. The molecular weight excluding hydrogens is 138 g/mol. The predicted molar refractivity (Wildman–Crippen MR) is 42.1 cm³/mol. The summed E-state index contributed by atoms with van der Waals surface area (Å²) in [7, 11) is 0. The predicted octanol–water partition coefficient (Wildman–Crippen LogP) is 1.21. The van der Waals surface area contributed by atoms with E-state index in [4.69, 9.17) is 6.42 Å². The van der Waals surface area contributed by atoms with E-state index < -0.39 is 0 Å². The van der Waals surface area contributed by atoms with Gasteiger partial charge < -0.3 is 0 Å². The van der Waals surface area contributed by atoms with Crippen molar-refractivity contribution < 1.29 is 4.79 Å². The van der Waals surface area contributed by atoms with E-state index in [-0.39, 0.29) is 5.78 Å². The molecule has 2 heteroatoms. The van der Waals surface area contributed by atoms with Gasteiger partial charge in [0, 0.05) is 6.20 Å². The van der Waals surface area contributed by atoms with Crippen molar-refractivity contribution in [1.82, 2.24) is 4.98 Å². The lowest BCUT2D eigenvalue weighted by Gasteiger charge is -1.93. The molecular formula is C9H7NO. The number of nitrogens with zero attached hydrogens (tertiary/aromatic N) is 1. The Balaban J connectivity index is 3.08. The molecule has 0 bridgehead atoms. The highest BCUT2D eigenvalue weighted by atomic mass is 16.1. The molecule has 0 saturated heterocycles. The minimum atomic E-state index is -0.367. The van der Waals surface area contributed by atoms with Gasteiger partial charge in [0.05, 0.1) is 0 Å². The van der Waals surface area contributed by atoms with E-state index in [9.17, 15) is 4.79 Å². The molecule has 2 nitrogen and oxygen atoms in total. The lowest BCUT2D eigenvalue weighted by molar-refractivity contribution is 0.105. The van der Waals surface area contributed by atoms with Crippen LogP contribution < -0.4 is 0 Å². The molecule has 0 unspecified atom stereocenters. The summed E-state index contributed by atoms with van der Waals surface area (Å²) in [5.74, 6) is 1.64. The summed E-state index contributed by atoms with van der Waals surface area (Å²) in [6, 6.07) is 3.48. The Morgan fingerprint density at radius 1 is 1.73 bits per heavy atom. The molecule has 0 fully saturated rings. The maximum absolute atomic E-state index is 10.9. The van der Waals surface area contributed by atoms with Gasteiger partial charge in [0.2, 0.25) is 0 Å². The number of carbonyl (C=O) groups is 1. The zero-order valence-corrected chi connectivity index (χ0v) is 6.16. The van der Waals surface area contributed by atoms with Gasteiger partial charge in [0.1, 0.15) is 5.69 Å². The van der Waals surface area contributed by atoms with E-state index in [2.05, 4.69) is 4.98 Å². The van der Waals surface area contributed by atoms with Crippen molar-refractivity contribution in [2.24, 2.45) is 0 Å². The fraction of sp³-hybridized carbons (Fsp3) is 0.111. The Labute approximate surface area is 65.3 Å². The Morgan fingerprint density at radius 3 is 3.00 bits per heavy atom. The molecule has 1 aromatic rings. The van der Waals surface area contributed by atoms with Crippen LogP contribution in [0.5, 0.6) is 0 Å². The molecule has 54 valence electrons. The highest BCUT2D eigenvalue weighted by Gasteiger charge is 2.01. The normalized spacial score (nSPS) is 8.73. The van der Waals surface area contributed by atoms with Crippen LogP contribution in [0, 0.1) is 19.3 Å². The summed E-state index contributed by atoms with van der Waals surface area (Å²) >= 11 is 0. The Hall–Kier alpha value is -1.62. The van der Waals surface area contributed by atoms with Crippen molar-refractivity contribution in [3.63, 3.8) is 0 Å². The van der Waals surface area contributed by atoms with Crippen LogP contribution in [0.2, 0.25) is 0 Å². The van der Waals surface area contributed by atoms with Gasteiger partial charge in [-0.25, -0.2) is 0 Å². The van der Waals surface area contributed by atoms with Gasteiger partial charge in [-0.15, -0.1) is 6.42 Å². The van der Waals surface area contributed by atoms with Gasteiger partial charge in [-0.3, -0.25) is 9.78 Å². The zero-order valence-electron chi connectivity index (χ0n) is 6.16. The minimum absolute atomic E-state index is 0.340. The quantitative estimate of drug-likeness (QED) is 0.337. The third-order valence-corrected chi connectivity index (χ3v) is 1.28. The van der Waals surface area contributed by atoms with Crippen molar-refractivity contribution in [2.45, 2.75) is 6.92 Å². The maximum Gasteiger partial charge on any atom is 0.253 e. The molecule has 0 aliphatic rings. The van der Waals surface area contributed by atoms with E-state index in [0.717, 1.165) is 5.56 Å². The molecule has 0 atom stereocenters. The second-order valence-electron chi connectivity index (χ2n) is 2.19. The first kappa shape index (κ1) is 7.49. The van der Waals surface area contributed by atoms with Crippen molar-refractivity contribution >= 4 is 5.78 Å². The van der Waals surface area contributed by atoms with Crippen LogP contribution in [0.1, 0.15) is 16.1 Å². The number of pyridine rings is 1. The van der Waals surface area contributed by atoms with Gasteiger partial charge in [-0.1, -0.05) is 0 Å². The van der Waals surface area contributed by atoms with Gasteiger partial charge in [0.25, 0.3) is 5.78 Å². The molecule has 11 heavy (non-hydrogen) atoms. The Kier molecular flexibility index (Phi) is 2.03. The minimum Gasteiger partial charge on any atom is -0.277 e. The summed E-state index contributed by atoms with van der Waals surface area (Å²) in [5.41, 5.74) is 1.33. The van der Waals surface area contributed by atoms with Gasteiger partial charge in [-0.05, 0) is 30.5 Å². The van der Waals surface area contributed by atoms with Crippen LogP contribution in [-0.4, -0.2) is 10.8 Å². The molecule has 1 heterocycles. The highest BCUT2D eigenvalue weighted by Crippen LogP contribution is 1.99. The van der Waals surface area contributed by atoms with Gasteiger partial charge >= 0.3 is 0 Å². The summed E-state index contributed by atoms with van der Waals surface area (Å²) in [5, 5.41) is 0. The summed E-state index contributed by atoms with van der Waals surface area (Å²) in [6.07, 6.45) is 6.48. The first-order valence-electron chi connectivity index (χ1n) is 3.17. The van der Waals surface area contributed by atoms with Crippen molar-refractivity contribution in [3.8, 4) is 12.3 Å². The highest BCUT2D eigenvalue weighted by molar-refractivity contribution is 6.07. The van der Waals surface area contributed by atoms with Crippen molar-refractivity contribution in [1.29, 1.82) is 0 Å². The standard InChI is InChI=1S/C9H7NO/c1-3-9(11)8-6-7(2)4-5-10-8/h1,4-6H,2H3. The zero-order chi connectivity index (χ0) is 8.27. The smallest absolute Gasteiger partial charge is 0.253 e. The molecule has 0 aliphatic heterocycles. The molecule has 0 spiro atoms. The second kappa shape index (κ2) is 2.98. The SMILES string of the molecule is C#CC(=O)c1cc(C)ccn1. The first-order valence-corrected chi connectivity index (χ1v) is 3.17. The van der Waals surface area contributed by atoms with Crippen LogP contribution in [-0.2, 0) is 0 Å². The fourth-order valence-corrected chi connectivity index (χ4v) is 0.734. The van der Waals surface area contributed by atoms with E-state index in [1.54, 1.807) is 12.3 Å². The third kappa shape index (κ3) is 1.65. The molecule has 1 rings (SSSR count). The van der Waals surface area contributed by atoms with Gasteiger partial charge in [0.15, 0.2) is 0 Å². The number of aryl methyl sites for hydroxylation is 1. The molecule has 0 saturated carbocycles. The lowest BCUT2D eigenvalue weighted by atomic mass is 10.2. The van der Waals surface area contributed by atoms with E-state index in [1.807, 2.05) is 18.9 Å². The first-order chi connectivity index (χ1) is 5.24. The number of ketones is 1. The van der Waals surface area contributed by atoms with E-state index in [1.165, 1.54) is 0 Å². The van der Waals surface area contributed by atoms with Crippen molar-refractivity contribution in [3.05, 3.63) is 29.6 Å². The number of terminal acetylenes is 1. The topological polar surface area (TPSA) is 30.0 Å². The number of Topliss-reactive ketones (excluding diaryl/α,β-unsaturated/α-hetero) is 1. The van der Waals surface area contributed by atoms with Crippen LogP contribution >= 0.6 is 0 Å². The number of hydrogen-bond donors (Lipinski definition) is 0. The molecule has 0 radical (unpaired) electrons. The summed E-state index contributed by atoms with van der Waals surface area (Å²) in [4.78, 5) is 14.7. The third-order valence-electron chi connectivity index (χ3n) is 1.28. The number of aromatic nitrogens is 1. The number of hydrogen-bond acceptors (Lipinski definition) is 2. The lowest BCUT2D eigenvalue weighted by Crippen LogP contribution is -1.97. The maximum atomic E-state index is 10.9. The molecule has 0 amide bonds. The van der Waals surface area contributed by atoms with Crippen LogP contribution in [0.4, 0.5) is 0 Å². The number of carbonyl (C=O) groups excluding carboxylic acids is 1. The summed E-state index contributed by atoms with van der Waals surface area (Å²) < 4.78 is 0.